The Bertz CT molecular complexity index is 583. The van der Waals surface area contributed by atoms with Crippen molar-refractivity contribution in [2.24, 2.45) is 5.92 Å². The van der Waals surface area contributed by atoms with E-state index >= 15 is 0 Å². The molecule has 2 saturated heterocycles. The van der Waals surface area contributed by atoms with E-state index in [-0.39, 0.29) is 11.9 Å². The summed E-state index contributed by atoms with van der Waals surface area (Å²) in [7, 11) is 0. The number of halogens is 1. The summed E-state index contributed by atoms with van der Waals surface area (Å²) < 4.78 is 0. The number of carbonyl (C=O) groups is 1. The minimum atomic E-state index is 0.155. The first-order chi connectivity index (χ1) is 9.69. The van der Waals surface area contributed by atoms with Crippen molar-refractivity contribution in [3.8, 4) is 6.07 Å². The van der Waals surface area contributed by atoms with E-state index in [1.807, 2.05) is 0 Å². The SMILES string of the molecule is N#Cc1ccnc(N2CCC3NC(=O)CCC3C2)c1Cl. The van der Waals surface area contributed by atoms with E-state index in [4.69, 9.17) is 16.9 Å². The summed E-state index contributed by atoms with van der Waals surface area (Å²) in [4.78, 5) is 17.9. The van der Waals surface area contributed by atoms with Crippen LogP contribution in [-0.4, -0.2) is 30.0 Å². The molecular formula is C14H15ClN4O. The van der Waals surface area contributed by atoms with Crippen molar-refractivity contribution in [3.63, 3.8) is 0 Å². The highest BCUT2D eigenvalue weighted by Crippen LogP contribution is 2.32. The van der Waals surface area contributed by atoms with Gasteiger partial charge in [0.25, 0.3) is 0 Å². The van der Waals surface area contributed by atoms with Crippen molar-refractivity contribution in [2.45, 2.75) is 25.3 Å². The molecule has 0 spiro atoms. The van der Waals surface area contributed by atoms with Crippen LogP contribution < -0.4 is 10.2 Å². The molecule has 2 fully saturated rings. The number of fused-ring (bicyclic) bond motifs is 1. The molecule has 5 nitrogen and oxygen atoms in total. The number of anilines is 1. The number of hydrogen-bond acceptors (Lipinski definition) is 4. The molecule has 0 aromatic carbocycles. The van der Waals surface area contributed by atoms with Gasteiger partial charge in [-0.2, -0.15) is 5.26 Å². The lowest BCUT2D eigenvalue weighted by molar-refractivity contribution is -0.124. The summed E-state index contributed by atoms with van der Waals surface area (Å²) in [6, 6.07) is 3.97. The van der Waals surface area contributed by atoms with Gasteiger partial charge in [-0.25, -0.2) is 4.98 Å². The van der Waals surface area contributed by atoms with Gasteiger partial charge in [-0.15, -0.1) is 0 Å². The van der Waals surface area contributed by atoms with E-state index in [2.05, 4.69) is 21.3 Å². The van der Waals surface area contributed by atoms with Gasteiger partial charge in [-0.05, 0) is 24.8 Å². The fourth-order valence-electron chi connectivity index (χ4n) is 3.04. The highest BCUT2D eigenvalue weighted by Gasteiger charge is 2.34. The zero-order chi connectivity index (χ0) is 14.1. The summed E-state index contributed by atoms with van der Waals surface area (Å²) in [5.41, 5.74) is 0.454. The lowest BCUT2D eigenvalue weighted by Gasteiger charge is -2.42. The smallest absolute Gasteiger partial charge is 0.220 e. The Hall–Kier alpha value is -1.80. The van der Waals surface area contributed by atoms with E-state index in [9.17, 15) is 4.79 Å². The van der Waals surface area contributed by atoms with Crippen molar-refractivity contribution in [1.29, 1.82) is 5.26 Å². The molecular weight excluding hydrogens is 276 g/mol. The molecule has 0 bridgehead atoms. The van der Waals surface area contributed by atoms with Crippen LogP contribution in [-0.2, 0) is 4.79 Å². The normalized spacial score (nSPS) is 25.6. The zero-order valence-electron chi connectivity index (χ0n) is 11.0. The minimum Gasteiger partial charge on any atom is -0.355 e. The fourth-order valence-corrected chi connectivity index (χ4v) is 3.32. The maximum atomic E-state index is 11.4. The highest BCUT2D eigenvalue weighted by atomic mass is 35.5. The molecule has 1 aromatic heterocycles. The number of carbonyl (C=O) groups excluding carboxylic acids is 1. The van der Waals surface area contributed by atoms with Crippen LogP contribution in [0.1, 0.15) is 24.8 Å². The van der Waals surface area contributed by atoms with E-state index < -0.39 is 0 Å². The van der Waals surface area contributed by atoms with Crippen LogP contribution >= 0.6 is 11.6 Å². The molecule has 2 aliphatic heterocycles. The number of pyridine rings is 1. The monoisotopic (exact) mass is 290 g/mol. The topological polar surface area (TPSA) is 69.0 Å². The molecule has 3 rings (SSSR count). The number of amides is 1. The van der Waals surface area contributed by atoms with Crippen LogP contribution in [0.3, 0.4) is 0 Å². The van der Waals surface area contributed by atoms with Gasteiger partial charge >= 0.3 is 0 Å². The van der Waals surface area contributed by atoms with Crippen molar-refractivity contribution in [1.82, 2.24) is 10.3 Å². The Labute approximate surface area is 122 Å². The summed E-state index contributed by atoms with van der Waals surface area (Å²) in [5, 5.41) is 12.5. The molecule has 2 unspecified atom stereocenters. The second kappa shape index (κ2) is 5.29. The number of nitrogens with zero attached hydrogens (tertiary/aromatic N) is 3. The Balaban J connectivity index is 1.80. The van der Waals surface area contributed by atoms with Crippen LogP contribution in [0, 0.1) is 17.2 Å². The van der Waals surface area contributed by atoms with Gasteiger partial charge in [0.2, 0.25) is 5.91 Å². The van der Waals surface area contributed by atoms with Crippen LogP contribution in [0.2, 0.25) is 5.02 Å². The van der Waals surface area contributed by atoms with Gasteiger partial charge in [0, 0.05) is 31.7 Å². The molecule has 1 N–H and O–H groups in total. The number of piperidine rings is 2. The lowest BCUT2D eigenvalue weighted by Crippen LogP contribution is -2.54. The Kier molecular flexibility index (Phi) is 3.49. The molecule has 0 saturated carbocycles. The maximum absolute atomic E-state index is 11.4. The molecule has 6 heteroatoms. The van der Waals surface area contributed by atoms with Crippen molar-refractivity contribution >= 4 is 23.3 Å². The summed E-state index contributed by atoms with van der Waals surface area (Å²) >= 11 is 6.24. The predicted molar refractivity (Wildman–Crippen MR) is 75.4 cm³/mol. The molecule has 1 amide bonds. The van der Waals surface area contributed by atoms with Crippen molar-refractivity contribution < 1.29 is 4.79 Å². The van der Waals surface area contributed by atoms with Gasteiger partial charge in [0.05, 0.1) is 5.56 Å². The first kappa shape index (κ1) is 13.2. The van der Waals surface area contributed by atoms with Gasteiger partial charge in [-0.3, -0.25) is 4.79 Å². The molecule has 0 aliphatic carbocycles. The second-order valence-corrected chi connectivity index (χ2v) is 5.69. The number of nitriles is 1. The van der Waals surface area contributed by atoms with Crippen molar-refractivity contribution in [3.05, 3.63) is 22.8 Å². The van der Waals surface area contributed by atoms with E-state index in [1.54, 1.807) is 12.3 Å². The molecule has 20 heavy (non-hydrogen) atoms. The average molecular weight is 291 g/mol. The predicted octanol–water partition coefficient (Wildman–Crippen LogP) is 1.71. The molecule has 2 atom stereocenters. The third-order valence-electron chi connectivity index (χ3n) is 4.11. The molecule has 104 valence electrons. The molecule has 2 aliphatic rings. The fraction of sp³-hybridized carbons (Fsp3) is 0.500. The van der Waals surface area contributed by atoms with E-state index in [0.29, 0.717) is 28.7 Å². The van der Waals surface area contributed by atoms with Gasteiger partial charge in [0.15, 0.2) is 0 Å². The zero-order valence-corrected chi connectivity index (χ0v) is 11.7. The number of aromatic nitrogens is 1. The third-order valence-corrected chi connectivity index (χ3v) is 4.49. The van der Waals surface area contributed by atoms with Crippen LogP contribution in [0.4, 0.5) is 5.82 Å². The van der Waals surface area contributed by atoms with Gasteiger partial charge in [-0.1, -0.05) is 11.6 Å². The standard InChI is InChI=1S/C14H15ClN4O/c15-13-9(7-16)3-5-17-14(13)19-6-4-11-10(8-19)1-2-12(20)18-11/h3,5,10-11H,1-2,4,6,8H2,(H,18,20). The number of nitrogens with one attached hydrogen (secondary N) is 1. The summed E-state index contributed by atoms with van der Waals surface area (Å²) in [5.74, 6) is 1.27. The van der Waals surface area contributed by atoms with Crippen molar-refractivity contribution in [2.75, 3.05) is 18.0 Å². The first-order valence-corrected chi connectivity index (χ1v) is 7.15. The number of hydrogen-bond donors (Lipinski definition) is 1. The summed E-state index contributed by atoms with van der Waals surface area (Å²) in [6.45, 7) is 1.62. The second-order valence-electron chi connectivity index (χ2n) is 5.32. The van der Waals surface area contributed by atoms with Crippen LogP contribution in [0.15, 0.2) is 12.3 Å². The Morgan fingerprint density at radius 2 is 2.35 bits per heavy atom. The highest BCUT2D eigenvalue weighted by molar-refractivity contribution is 6.34. The van der Waals surface area contributed by atoms with Gasteiger partial charge in [0.1, 0.15) is 16.9 Å². The van der Waals surface area contributed by atoms with Gasteiger partial charge < -0.3 is 10.2 Å². The average Bonchev–Trinajstić information content (AvgIpc) is 2.47. The minimum absolute atomic E-state index is 0.155. The first-order valence-electron chi connectivity index (χ1n) is 6.78. The third kappa shape index (κ3) is 2.32. The molecule has 1 aromatic rings. The summed E-state index contributed by atoms with van der Waals surface area (Å²) in [6.07, 6.45) is 4.01. The van der Waals surface area contributed by atoms with E-state index in [1.165, 1.54) is 0 Å². The maximum Gasteiger partial charge on any atom is 0.220 e. The number of rotatable bonds is 1. The quantitative estimate of drug-likeness (QED) is 0.855. The molecule has 3 heterocycles. The van der Waals surface area contributed by atoms with Crippen LogP contribution in [0.25, 0.3) is 0 Å². The lowest BCUT2D eigenvalue weighted by atomic mass is 9.85. The van der Waals surface area contributed by atoms with Crippen LogP contribution in [0.5, 0.6) is 0 Å². The molecule has 0 radical (unpaired) electrons. The Morgan fingerprint density at radius 1 is 1.50 bits per heavy atom. The largest absolute Gasteiger partial charge is 0.355 e. The Morgan fingerprint density at radius 3 is 3.15 bits per heavy atom. The van der Waals surface area contributed by atoms with E-state index in [0.717, 1.165) is 25.9 Å².